The van der Waals surface area contributed by atoms with Crippen LogP contribution in [0.3, 0.4) is 0 Å². The predicted molar refractivity (Wildman–Crippen MR) is 69.3 cm³/mol. The molecule has 0 heterocycles. The molecule has 0 unspecified atom stereocenters. The summed E-state index contributed by atoms with van der Waals surface area (Å²) in [6.45, 7) is -1.12. The van der Waals surface area contributed by atoms with Crippen LogP contribution in [0.25, 0.3) is 0 Å². The lowest BCUT2D eigenvalue weighted by Crippen LogP contribution is -2.30. The van der Waals surface area contributed by atoms with Gasteiger partial charge >= 0.3 is 6.18 Å². The van der Waals surface area contributed by atoms with Gasteiger partial charge in [0.15, 0.2) is 0 Å². The molecule has 0 bridgehead atoms. The standard InChI is InChI=1S/C14H16F3NO2/c1-18(10-14(15,16)17)9-11-5-6-13(20-2)12(8-11)4-3-7-19/h5-6,8,19H,7,9-10H2,1-2H3. The maximum absolute atomic E-state index is 12.3. The zero-order chi connectivity index (χ0) is 15.2. The molecule has 0 aliphatic carbocycles. The van der Waals surface area contributed by atoms with E-state index in [1.54, 1.807) is 18.2 Å². The van der Waals surface area contributed by atoms with E-state index in [9.17, 15) is 13.2 Å². The number of methoxy groups -OCH3 is 1. The first kappa shape index (κ1) is 16.3. The number of alkyl halides is 3. The summed E-state index contributed by atoms with van der Waals surface area (Å²) in [7, 11) is 2.88. The number of hydrogen-bond donors (Lipinski definition) is 1. The van der Waals surface area contributed by atoms with Crippen molar-refractivity contribution < 1.29 is 23.0 Å². The third-order valence-corrected chi connectivity index (χ3v) is 2.47. The summed E-state index contributed by atoms with van der Waals surface area (Å²) in [6, 6.07) is 5.00. The topological polar surface area (TPSA) is 32.7 Å². The SMILES string of the molecule is COc1ccc(CN(C)CC(F)(F)F)cc1C#CCO. The van der Waals surface area contributed by atoms with E-state index in [0.717, 1.165) is 0 Å². The minimum Gasteiger partial charge on any atom is -0.495 e. The number of benzene rings is 1. The van der Waals surface area contributed by atoms with Crippen LogP contribution in [0.4, 0.5) is 13.2 Å². The smallest absolute Gasteiger partial charge is 0.401 e. The van der Waals surface area contributed by atoms with E-state index in [2.05, 4.69) is 11.8 Å². The molecule has 20 heavy (non-hydrogen) atoms. The van der Waals surface area contributed by atoms with Crippen molar-refractivity contribution in [3.05, 3.63) is 29.3 Å². The van der Waals surface area contributed by atoms with Crippen LogP contribution < -0.4 is 4.74 Å². The van der Waals surface area contributed by atoms with Crippen LogP contribution in [0.5, 0.6) is 5.75 Å². The summed E-state index contributed by atoms with van der Waals surface area (Å²) < 4.78 is 41.9. The second-order valence-corrected chi connectivity index (χ2v) is 4.28. The van der Waals surface area contributed by atoms with E-state index in [1.165, 1.54) is 19.1 Å². The van der Waals surface area contributed by atoms with Crippen molar-refractivity contribution >= 4 is 0 Å². The Bertz CT molecular complexity index is 503. The zero-order valence-electron chi connectivity index (χ0n) is 11.3. The van der Waals surface area contributed by atoms with Crippen molar-refractivity contribution in [2.75, 3.05) is 27.3 Å². The summed E-state index contributed by atoms with van der Waals surface area (Å²) in [5.74, 6) is 5.72. The van der Waals surface area contributed by atoms with Gasteiger partial charge in [-0.2, -0.15) is 13.2 Å². The third-order valence-electron chi connectivity index (χ3n) is 2.47. The van der Waals surface area contributed by atoms with Crippen LogP contribution in [0.15, 0.2) is 18.2 Å². The molecule has 0 atom stereocenters. The van der Waals surface area contributed by atoms with Gasteiger partial charge in [0.1, 0.15) is 12.4 Å². The summed E-state index contributed by atoms with van der Waals surface area (Å²) >= 11 is 0. The number of rotatable bonds is 4. The van der Waals surface area contributed by atoms with Crippen molar-refractivity contribution in [3.63, 3.8) is 0 Å². The average Bonchev–Trinajstić information content (AvgIpc) is 2.34. The second-order valence-electron chi connectivity index (χ2n) is 4.28. The molecule has 0 aliphatic rings. The van der Waals surface area contributed by atoms with Crippen LogP contribution in [-0.4, -0.2) is 43.5 Å². The van der Waals surface area contributed by atoms with E-state index in [0.29, 0.717) is 16.9 Å². The molecular formula is C14H16F3NO2. The number of ether oxygens (including phenoxy) is 1. The summed E-state index contributed by atoms with van der Waals surface area (Å²) in [6.07, 6.45) is -4.22. The van der Waals surface area contributed by atoms with Crippen LogP contribution in [-0.2, 0) is 6.54 Å². The largest absolute Gasteiger partial charge is 0.495 e. The van der Waals surface area contributed by atoms with Gasteiger partial charge in [0.25, 0.3) is 0 Å². The lowest BCUT2D eigenvalue weighted by molar-refractivity contribution is -0.144. The fourth-order valence-electron chi connectivity index (χ4n) is 1.76. The number of hydrogen-bond acceptors (Lipinski definition) is 3. The molecule has 0 spiro atoms. The highest BCUT2D eigenvalue weighted by molar-refractivity contribution is 5.48. The van der Waals surface area contributed by atoms with Crippen molar-refractivity contribution in [2.24, 2.45) is 0 Å². The van der Waals surface area contributed by atoms with Gasteiger partial charge in [-0.3, -0.25) is 4.90 Å². The Kier molecular flexibility index (Phi) is 5.86. The fourth-order valence-corrected chi connectivity index (χ4v) is 1.76. The van der Waals surface area contributed by atoms with E-state index < -0.39 is 12.7 Å². The third kappa shape index (κ3) is 5.51. The summed E-state index contributed by atoms with van der Waals surface area (Å²) in [5.41, 5.74) is 1.24. The van der Waals surface area contributed by atoms with Crippen LogP contribution in [0, 0.1) is 11.8 Å². The Morgan fingerprint density at radius 2 is 2.05 bits per heavy atom. The predicted octanol–water partition coefficient (Wildman–Crippen LogP) is 2.03. The molecule has 110 valence electrons. The molecule has 1 rings (SSSR count). The average molecular weight is 287 g/mol. The first-order chi connectivity index (χ1) is 9.35. The lowest BCUT2D eigenvalue weighted by atomic mass is 10.1. The molecule has 0 aliphatic heterocycles. The molecule has 0 saturated carbocycles. The molecule has 0 amide bonds. The molecule has 0 radical (unpaired) electrons. The first-order valence-corrected chi connectivity index (χ1v) is 5.87. The lowest BCUT2D eigenvalue weighted by Gasteiger charge is -2.19. The quantitative estimate of drug-likeness (QED) is 0.860. The molecule has 0 saturated heterocycles. The molecule has 6 heteroatoms. The number of aliphatic hydroxyl groups is 1. The zero-order valence-corrected chi connectivity index (χ0v) is 11.3. The van der Waals surface area contributed by atoms with Crippen molar-refractivity contribution in [1.82, 2.24) is 4.90 Å². The Morgan fingerprint density at radius 1 is 1.35 bits per heavy atom. The minimum atomic E-state index is -4.22. The van der Waals surface area contributed by atoms with Crippen LogP contribution >= 0.6 is 0 Å². The molecule has 0 aromatic heterocycles. The monoisotopic (exact) mass is 287 g/mol. The second kappa shape index (κ2) is 7.17. The Balaban J connectivity index is 2.86. The highest BCUT2D eigenvalue weighted by atomic mass is 19.4. The van der Waals surface area contributed by atoms with Gasteiger partial charge in [-0.15, -0.1) is 0 Å². The van der Waals surface area contributed by atoms with E-state index in [-0.39, 0.29) is 13.2 Å². The van der Waals surface area contributed by atoms with Crippen molar-refractivity contribution in [3.8, 4) is 17.6 Å². The van der Waals surface area contributed by atoms with Gasteiger partial charge in [-0.25, -0.2) is 0 Å². The minimum absolute atomic E-state index is 0.150. The highest BCUT2D eigenvalue weighted by Crippen LogP contribution is 2.21. The molecule has 0 fully saturated rings. The normalized spacial score (nSPS) is 11.2. The van der Waals surface area contributed by atoms with Crippen molar-refractivity contribution in [1.29, 1.82) is 0 Å². The van der Waals surface area contributed by atoms with Gasteiger partial charge in [0.05, 0.1) is 19.2 Å². The Morgan fingerprint density at radius 3 is 2.60 bits per heavy atom. The van der Waals surface area contributed by atoms with Gasteiger partial charge in [-0.05, 0) is 24.7 Å². The molecular weight excluding hydrogens is 271 g/mol. The van der Waals surface area contributed by atoms with E-state index >= 15 is 0 Å². The number of halogens is 3. The van der Waals surface area contributed by atoms with E-state index in [4.69, 9.17) is 9.84 Å². The number of nitrogens with zero attached hydrogens (tertiary/aromatic N) is 1. The van der Waals surface area contributed by atoms with Gasteiger partial charge < -0.3 is 9.84 Å². The fraction of sp³-hybridized carbons (Fsp3) is 0.429. The Hall–Kier alpha value is -1.71. The van der Waals surface area contributed by atoms with Gasteiger partial charge in [0.2, 0.25) is 0 Å². The molecule has 1 aromatic carbocycles. The maximum atomic E-state index is 12.3. The number of aliphatic hydroxyl groups excluding tert-OH is 1. The van der Waals surface area contributed by atoms with E-state index in [1.807, 2.05) is 0 Å². The Labute approximate surface area is 116 Å². The van der Waals surface area contributed by atoms with Gasteiger partial charge in [-0.1, -0.05) is 17.9 Å². The summed E-state index contributed by atoms with van der Waals surface area (Å²) in [4.78, 5) is 1.17. The molecule has 3 nitrogen and oxygen atoms in total. The molecule has 1 N–H and O–H groups in total. The van der Waals surface area contributed by atoms with Gasteiger partial charge in [0, 0.05) is 6.54 Å². The van der Waals surface area contributed by atoms with Crippen LogP contribution in [0.2, 0.25) is 0 Å². The van der Waals surface area contributed by atoms with Crippen LogP contribution in [0.1, 0.15) is 11.1 Å². The van der Waals surface area contributed by atoms with Crippen molar-refractivity contribution in [2.45, 2.75) is 12.7 Å². The maximum Gasteiger partial charge on any atom is 0.401 e. The highest BCUT2D eigenvalue weighted by Gasteiger charge is 2.29. The first-order valence-electron chi connectivity index (χ1n) is 5.87. The molecule has 1 aromatic rings. The summed E-state index contributed by atoms with van der Waals surface area (Å²) in [5, 5.41) is 8.69.